The van der Waals surface area contributed by atoms with E-state index in [0.717, 1.165) is 45.9 Å². The van der Waals surface area contributed by atoms with Gasteiger partial charge < -0.3 is 19.9 Å². The first-order valence-electron chi connectivity index (χ1n) is 6.95. The highest BCUT2D eigenvalue weighted by Crippen LogP contribution is 2.24. The quantitative estimate of drug-likeness (QED) is 0.717. The number of nitrogens with zero attached hydrogens (tertiary/aromatic N) is 1. The van der Waals surface area contributed by atoms with E-state index in [1.807, 2.05) is 0 Å². The van der Waals surface area contributed by atoms with E-state index in [2.05, 4.69) is 24.1 Å². The molecule has 0 amide bonds. The van der Waals surface area contributed by atoms with Crippen LogP contribution in [0.5, 0.6) is 0 Å². The lowest BCUT2D eigenvalue weighted by Gasteiger charge is -2.32. The zero-order valence-electron chi connectivity index (χ0n) is 11.5. The first-order chi connectivity index (χ1) is 8.60. The molecule has 0 saturated carbocycles. The number of aliphatic hydroxyl groups excluding tert-OH is 1. The molecule has 2 N–H and O–H groups in total. The lowest BCUT2D eigenvalue weighted by atomic mass is 9.94. The van der Waals surface area contributed by atoms with Gasteiger partial charge in [-0.3, -0.25) is 4.90 Å². The highest BCUT2D eigenvalue weighted by Gasteiger charge is 2.36. The minimum Gasteiger partial charge on any atom is -0.390 e. The monoisotopic (exact) mass is 258 g/mol. The third-order valence-electron chi connectivity index (χ3n) is 4.20. The minimum atomic E-state index is -0.326. The van der Waals surface area contributed by atoms with E-state index >= 15 is 0 Å². The first kappa shape index (κ1) is 14.2. The smallest absolute Gasteiger partial charge is 0.0791 e. The van der Waals surface area contributed by atoms with E-state index in [0.29, 0.717) is 6.54 Å². The van der Waals surface area contributed by atoms with Crippen molar-refractivity contribution in [1.82, 2.24) is 10.2 Å². The predicted octanol–water partition coefficient (Wildman–Crippen LogP) is -0.163. The average Bonchev–Trinajstić information content (AvgIpc) is 2.69. The second-order valence-electron chi connectivity index (χ2n) is 5.63. The number of β-amino-alcohol motifs (C(OH)–C–C–N with tert-alkyl or cyclic N) is 1. The Bertz CT molecular complexity index is 259. The molecule has 2 heterocycles. The minimum absolute atomic E-state index is 0.00594. The van der Waals surface area contributed by atoms with Crippen LogP contribution in [0.25, 0.3) is 0 Å². The number of hydrogen-bond donors (Lipinski definition) is 2. The molecule has 3 unspecified atom stereocenters. The second-order valence-corrected chi connectivity index (χ2v) is 5.63. The molecule has 0 aromatic rings. The van der Waals surface area contributed by atoms with Gasteiger partial charge in [0, 0.05) is 38.3 Å². The Morgan fingerprint density at radius 1 is 1.39 bits per heavy atom. The summed E-state index contributed by atoms with van der Waals surface area (Å²) >= 11 is 0. The van der Waals surface area contributed by atoms with Crippen molar-refractivity contribution >= 4 is 0 Å². The summed E-state index contributed by atoms with van der Waals surface area (Å²) in [6.45, 7) is 9.83. The van der Waals surface area contributed by atoms with Gasteiger partial charge in [-0.05, 0) is 20.3 Å². The first-order valence-corrected chi connectivity index (χ1v) is 6.95. The molecule has 0 aromatic carbocycles. The van der Waals surface area contributed by atoms with Crippen molar-refractivity contribution in [3.8, 4) is 0 Å². The molecule has 0 bridgehead atoms. The molecule has 0 aromatic heterocycles. The molecule has 5 nitrogen and oxygen atoms in total. The number of ether oxygens (including phenoxy) is 2. The third-order valence-corrected chi connectivity index (χ3v) is 4.20. The highest BCUT2D eigenvalue weighted by molar-refractivity contribution is 4.94. The Kier molecular flexibility index (Phi) is 4.98. The molecule has 3 atom stereocenters. The zero-order chi connectivity index (χ0) is 13.0. The van der Waals surface area contributed by atoms with Gasteiger partial charge in [-0.15, -0.1) is 0 Å². The highest BCUT2D eigenvalue weighted by atomic mass is 16.5. The SMILES string of the molecule is CC1OCCC1(C)NCC(O)CN1CCOCC1. The molecule has 2 aliphatic rings. The van der Waals surface area contributed by atoms with Crippen LogP contribution in [0.1, 0.15) is 20.3 Å². The largest absolute Gasteiger partial charge is 0.390 e. The van der Waals surface area contributed by atoms with Crippen LogP contribution >= 0.6 is 0 Å². The average molecular weight is 258 g/mol. The van der Waals surface area contributed by atoms with Crippen molar-refractivity contribution in [1.29, 1.82) is 0 Å². The van der Waals surface area contributed by atoms with E-state index < -0.39 is 0 Å². The summed E-state index contributed by atoms with van der Waals surface area (Å²) in [7, 11) is 0. The Hall–Kier alpha value is -0.200. The summed E-state index contributed by atoms with van der Waals surface area (Å²) in [5.74, 6) is 0. The number of nitrogens with one attached hydrogen (secondary N) is 1. The van der Waals surface area contributed by atoms with E-state index in [-0.39, 0.29) is 17.7 Å². The molecular formula is C13H26N2O3. The maximum absolute atomic E-state index is 10.1. The molecule has 2 aliphatic heterocycles. The van der Waals surface area contributed by atoms with Gasteiger partial charge >= 0.3 is 0 Å². The summed E-state index contributed by atoms with van der Waals surface area (Å²) in [6.07, 6.45) is 0.902. The van der Waals surface area contributed by atoms with Crippen LogP contribution in [-0.2, 0) is 9.47 Å². The van der Waals surface area contributed by atoms with Crippen LogP contribution in [0, 0.1) is 0 Å². The van der Waals surface area contributed by atoms with E-state index in [1.165, 1.54) is 0 Å². The van der Waals surface area contributed by atoms with Gasteiger partial charge in [-0.1, -0.05) is 0 Å². The molecule has 2 saturated heterocycles. The van der Waals surface area contributed by atoms with Crippen LogP contribution < -0.4 is 5.32 Å². The van der Waals surface area contributed by atoms with E-state index in [4.69, 9.17) is 9.47 Å². The van der Waals surface area contributed by atoms with Crippen LogP contribution in [0.15, 0.2) is 0 Å². The maximum Gasteiger partial charge on any atom is 0.0791 e. The summed E-state index contributed by atoms with van der Waals surface area (Å²) in [5, 5.41) is 13.5. The van der Waals surface area contributed by atoms with Gasteiger partial charge in [0.05, 0.1) is 25.4 Å². The van der Waals surface area contributed by atoms with Crippen molar-refractivity contribution in [2.24, 2.45) is 0 Å². The van der Waals surface area contributed by atoms with Crippen molar-refractivity contribution in [2.45, 2.75) is 38.0 Å². The molecular weight excluding hydrogens is 232 g/mol. The van der Waals surface area contributed by atoms with Gasteiger partial charge in [0.1, 0.15) is 0 Å². The summed E-state index contributed by atoms with van der Waals surface area (Å²) in [6, 6.07) is 0. The standard InChI is InChI=1S/C13H26N2O3/c1-11-13(2,3-6-18-11)14-9-12(16)10-15-4-7-17-8-5-15/h11-12,14,16H,3-10H2,1-2H3. The van der Waals surface area contributed by atoms with Crippen molar-refractivity contribution in [3.05, 3.63) is 0 Å². The summed E-state index contributed by atoms with van der Waals surface area (Å²) < 4.78 is 10.9. The van der Waals surface area contributed by atoms with Gasteiger partial charge in [0.2, 0.25) is 0 Å². The molecule has 2 rings (SSSR count). The van der Waals surface area contributed by atoms with Gasteiger partial charge in [-0.2, -0.15) is 0 Å². The van der Waals surface area contributed by atoms with Crippen LogP contribution in [0.3, 0.4) is 0 Å². The topological polar surface area (TPSA) is 54.0 Å². The Morgan fingerprint density at radius 3 is 2.72 bits per heavy atom. The fourth-order valence-corrected chi connectivity index (χ4v) is 2.56. The Labute approximate surface area is 109 Å². The number of hydrogen-bond acceptors (Lipinski definition) is 5. The van der Waals surface area contributed by atoms with Crippen molar-refractivity contribution in [3.63, 3.8) is 0 Å². The molecule has 0 spiro atoms. The molecule has 0 radical (unpaired) electrons. The number of morpholine rings is 1. The van der Waals surface area contributed by atoms with E-state index in [9.17, 15) is 5.11 Å². The van der Waals surface area contributed by atoms with Gasteiger partial charge in [0.15, 0.2) is 0 Å². The van der Waals surface area contributed by atoms with Crippen LogP contribution in [0.4, 0.5) is 0 Å². The normalized spacial score (nSPS) is 35.8. The predicted molar refractivity (Wildman–Crippen MR) is 69.7 cm³/mol. The molecule has 18 heavy (non-hydrogen) atoms. The summed E-state index contributed by atoms with van der Waals surface area (Å²) in [4.78, 5) is 2.26. The lowest BCUT2D eigenvalue weighted by Crippen LogP contribution is -2.52. The van der Waals surface area contributed by atoms with Crippen molar-refractivity contribution < 1.29 is 14.6 Å². The zero-order valence-corrected chi connectivity index (χ0v) is 11.5. The summed E-state index contributed by atoms with van der Waals surface area (Å²) in [5.41, 5.74) is 0.00594. The van der Waals surface area contributed by atoms with E-state index in [1.54, 1.807) is 0 Å². The van der Waals surface area contributed by atoms with Crippen molar-refractivity contribution in [2.75, 3.05) is 46.0 Å². The van der Waals surface area contributed by atoms with Crippen LogP contribution in [-0.4, -0.2) is 73.8 Å². The Morgan fingerprint density at radius 2 is 2.11 bits per heavy atom. The van der Waals surface area contributed by atoms with Crippen LogP contribution in [0.2, 0.25) is 0 Å². The molecule has 5 heteroatoms. The third kappa shape index (κ3) is 3.65. The molecule has 106 valence electrons. The number of rotatable bonds is 5. The fraction of sp³-hybridized carbons (Fsp3) is 1.00. The lowest BCUT2D eigenvalue weighted by molar-refractivity contribution is 0.0121. The number of aliphatic hydroxyl groups is 1. The van der Waals surface area contributed by atoms with Gasteiger partial charge in [-0.25, -0.2) is 0 Å². The molecule has 2 fully saturated rings. The second kappa shape index (κ2) is 6.30. The fourth-order valence-electron chi connectivity index (χ4n) is 2.56. The maximum atomic E-state index is 10.1. The molecule has 0 aliphatic carbocycles. The van der Waals surface area contributed by atoms with Gasteiger partial charge in [0.25, 0.3) is 0 Å². The Balaban J connectivity index is 1.69.